The molecule has 3 heterocycles. The molecule has 8 nitrogen and oxygen atoms in total. The molecule has 1 aliphatic carbocycles. The van der Waals surface area contributed by atoms with Crippen LogP contribution in [0.3, 0.4) is 0 Å². The predicted octanol–water partition coefficient (Wildman–Crippen LogP) is 3.71. The number of nitrogens with zero attached hydrogens (tertiary/aromatic N) is 5. The van der Waals surface area contributed by atoms with Crippen LogP contribution in [0.4, 0.5) is 13.2 Å². The first kappa shape index (κ1) is 21.8. The Morgan fingerprint density at radius 1 is 1.28 bits per heavy atom. The molecule has 0 saturated heterocycles. The van der Waals surface area contributed by atoms with Gasteiger partial charge in [0.1, 0.15) is 5.69 Å². The van der Waals surface area contributed by atoms with E-state index in [0.717, 1.165) is 40.5 Å². The summed E-state index contributed by atoms with van der Waals surface area (Å²) in [5.41, 5.74) is 1.26. The first-order valence-corrected chi connectivity index (χ1v) is 10.4. The summed E-state index contributed by atoms with van der Waals surface area (Å²) in [6, 6.07) is 4.00. The van der Waals surface area contributed by atoms with Crippen LogP contribution in [0, 0.1) is 0 Å². The number of hydrogen-bond acceptors (Lipinski definition) is 5. The van der Waals surface area contributed by atoms with Gasteiger partial charge >= 0.3 is 6.18 Å². The molecule has 0 spiro atoms. The molecule has 0 fully saturated rings. The van der Waals surface area contributed by atoms with Gasteiger partial charge in [-0.3, -0.25) is 9.48 Å². The Morgan fingerprint density at radius 3 is 2.81 bits per heavy atom. The number of aromatic nitrogens is 5. The summed E-state index contributed by atoms with van der Waals surface area (Å²) in [5.74, 6) is -0.111. The van der Waals surface area contributed by atoms with E-state index in [9.17, 15) is 18.0 Å². The summed E-state index contributed by atoms with van der Waals surface area (Å²) in [5, 5.41) is 11.0. The number of carbonyl (C=O) groups is 1. The molecular weight excluding hydrogens is 425 g/mol. The number of amides is 1. The Morgan fingerprint density at radius 2 is 2.09 bits per heavy atom. The summed E-state index contributed by atoms with van der Waals surface area (Å²) in [7, 11) is 0. The van der Waals surface area contributed by atoms with Crippen molar-refractivity contribution in [2.45, 2.75) is 51.9 Å². The van der Waals surface area contributed by atoms with Gasteiger partial charge in [0, 0.05) is 36.6 Å². The Kier molecular flexibility index (Phi) is 5.90. The molecule has 1 amide bonds. The average molecular weight is 448 g/mol. The number of hydrogen-bond donors (Lipinski definition) is 1. The summed E-state index contributed by atoms with van der Waals surface area (Å²) >= 11 is 0. The van der Waals surface area contributed by atoms with Gasteiger partial charge in [-0.25, -0.2) is 9.67 Å². The highest BCUT2D eigenvalue weighted by Gasteiger charge is 2.36. The van der Waals surface area contributed by atoms with Gasteiger partial charge in [0.2, 0.25) is 5.88 Å². The molecule has 1 atom stereocenters. The van der Waals surface area contributed by atoms with Crippen molar-refractivity contribution in [1.29, 1.82) is 0 Å². The quantitative estimate of drug-likeness (QED) is 0.621. The van der Waals surface area contributed by atoms with Crippen LogP contribution in [0.15, 0.2) is 30.6 Å². The number of alkyl halides is 3. The molecule has 1 N–H and O–H groups in total. The van der Waals surface area contributed by atoms with Crippen LogP contribution in [0.25, 0.3) is 5.69 Å². The fraction of sp³-hybridized carbons (Fsp3) is 0.429. The summed E-state index contributed by atoms with van der Waals surface area (Å²) in [4.78, 5) is 17.0. The highest BCUT2D eigenvalue weighted by atomic mass is 19.4. The van der Waals surface area contributed by atoms with Crippen molar-refractivity contribution in [3.8, 4) is 11.6 Å². The zero-order valence-electron chi connectivity index (χ0n) is 17.7. The standard InChI is InChI=1S/C21H23F3N6O2/c1-3-29-17(11-18(28-29)21(22,23)24)20(31)26-15-6-5-7-16-14(15)12-30(27-16)13-8-9-25-19(10-13)32-4-2/h8-12,15H,3-7H2,1-2H3,(H,26,31)/t15-/m1/s1. The molecule has 11 heteroatoms. The number of fused-ring (bicyclic) bond motifs is 1. The summed E-state index contributed by atoms with van der Waals surface area (Å²) < 4.78 is 47.4. The van der Waals surface area contributed by atoms with Crippen LogP contribution in [0.1, 0.15) is 60.2 Å². The zero-order chi connectivity index (χ0) is 22.9. The number of rotatable bonds is 6. The van der Waals surface area contributed by atoms with Crippen LogP contribution >= 0.6 is 0 Å². The molecule has 170 valence electrons. The first-order valence-electron chi connectivity index (χ1n) is 10.4. The van der Waals surface area contributed by atoms with Gasteiger partial charge in [-0.2, -0.15) is 23.4 Å². The van der Waals surface area contributed by atoms with Crippen LogP contribution < -0.4 is 10.1 Å². The second kappa shape index (κ2) is 8.64. The Labute approximate surface area is 182 Å². The molecular formula is C21H23F3N6O2. The van der Waals surface area contributed by atoms with Crippen molar-refractivity contribution < 1.29 is 22.7 Å². The molecule has 32 heavy (non-hydrogen) atoms. The molecule has 0 aliphatic heterocycles. The lowest BCUT2D eigenvalue weighted by Gasteiger charge is -2.22. The van der Waals surface area contributed by atoms with Crippen molar-refractivity contribution in [3.63, 3.8) is 0 Å². The lowest BCUT2D eigenvalue weighted by atomic mass is 9.93. The number of aryl methyl sites for hydroxylation is 2. The highest BCUT2D eigenvalue weighted by molar-refractivity contribution is 5.93. The van der Waals surface area contributed by atoms with E-state index in [1.807, 2.05) is 13.1 Å². The largest absolute Gasteiger partial charge is 0.478 e. The second-order valence-corrected chi connectivity index (χ2v) is 7.41. The smallest absolute Gasteiger partial charge is 0.435 e. The van der Waals surface area contributed by atoms with Crippen molar-refractivity contribution in [1.82, 2.24) is 29.9 Å². The van der Waals surface area contributed by atoms with Gasteiger partial charge in [-0.05, 0) is 39.2 Å². The minimum Gasteiger partial charge on any atom is -0.478 e. The van der Waals surface area contributed by atoms with E-state index >= 15 is 0 Å². The maximum absolute atomic E-state index is 13.0. The van der Waals surface area contributed by atoms with Gasteiger partial charge in [0.05, 0.1) is 24.0 Å². The van der Waals surface area contributed by atoms with Crippen LogP contribution in [-0.2, 0) is 19.1 Å². The minimum atomic E-state index is -4.61. The predicted molar refractivity (Wildman–Crippen MR) is 109 cm³/mol. The topological polar surface area (TPSA) is 86.9 Å². The third-order valence-electron chi connectivity index (χ3n) is 5.29. The fourth-order valence-electron chi connectivity index (χ4n) is 3.80. The molecule has 0 bridgehead atoms. The molecule has 0 radical (unpaired) electrons. The third-order valence-corrected chi connectivity index (χ3v) is 5.29. The first-order chi connectivity index (χ1) is 15.3. The van der Waals surface area contributed by atoms with Gasteiger partial charge in [0.25, 0.3) is 5.91 Å². The van der Waals surface area contributed by atoms with E-state index in [1.165, 1.54) is 0 Å². The van der Waals surface area contributed by atoms with E-state index in [1.54, 1.807) is 29.9 Å². The maximum Gasteiger partial charge on any atom is 0.435 e. The lowest BCUT2D eigenvalue weighted by Crippen LogP contribution is -2.32. The Hall–Kier alpha value is -3.37. The van der Waals surface area contributed by atoms with Crippen molar-refractivity contribution in [2.75, 3.05) is 6.61 Å². The number of nitrogens with one attached hydrogen (secondary N) is 1. The van der Waals surface area contributed by atoms with E-state index in [-0.39, 0.29) is 18.3 Å². The van der Waals surface area contributed by atoms with E-state index < -0.39 is 17.8 Å². The number of pyridine rings is 1. The normalized spacial score (nSPS) is 16.0. The SMILES string of the molecule is CCOc1cc(-n2cc3c(n2)CCC[C@H]3NC(=O)c2cc(C(F)(F)F)nn2CC)ccn1. The number of ether oxygens (including phenoxy) is 1. The third kappa shape index (κ3) is 4.32. The van der Waals surface area contributed by atoms with Crippen molar-refractivity contribution in [3.05, 3.63) is 53.2 Å². The van der Waals surface area contributed by atoms with Crippen molar-refractivity contribution >= 4 is 5.91 Å². The van der Waals surface area contributed by atoms with Gasteiger partial charge < -0.3 is 10.1 Å². The summed E-state index contributed by atoms with van der Waals surface area (Å²) in [6.07, 6.45) is 1.07. The Bertz CT molecular complexity index is 1120. The molecule has 0 aromatic carbocycles. The van der Waals surface area contributed by atoms with Crippen LogP contribution in [0.2, 0.25) is 0 Å². The Balaban J connectivity index is 1.59. The van der Waals surface area contributed by atoms with E-state index in [2.05, 4.69) is 20.5 Å². The molecule has 3 aromatic rings. The molecule has 0 unspecified atom stereocenters. The molecule has 0 saturated carbocycles. The fourth-order valence-corrected chi connectivity index (χ4v) is 3.80. The van der Waals surface area contributed by atoms with E-state index in [4.69, 9.17) is 4.74 Å². The number of carbonyl (C=O) groups excluding carboxylic acids is 1. The second-order valence-electron chi connectivity index (χ2n) is 7.41. The van der Waals surface area contributed by atoms with Gasteiger partial charge in [0.15, 0.2) is 5.69 Å². The monoisotopic (exact) mass is 448 g/mol. The van der Waals surface area contributed by atoms with Gasteiger partial charge in [-0.1, -0.05) is 0 Å². The lowest BCUT2D eigenvalue weighted by molar-refractivity contribution is -0.141. The van der Waals surface area contributed by atoms with Crippen LogP contribution in [-0.4, -0.2) is 37.1 Å². The molecule has 4 rings (SSSR count). The zero-order valence-corrected chi connectivity index (χ0v) is 17.7. The highest BCUT2D eigenvalue weighted by Crippen LogP contribution is 2.32. The van der Waals surface area contributed by atoms with Crippen molar-refractivity contribution in [2.24, 2.45) is 0 Å². The summed E-state index contributed by atoms with van der Waals surface area (Å²) in [6.45, 7) is 4.15. The average Bonchev–Trinajstić information content (AvgIpc) is 3.39. The molecule has 1 aliphatic rings. The van der Waals surface area contributed by atoms with Gasteiger partial charge in [-0.15, -0.1) is 0 Å². The maximum atomic E-state index is 13.0. The minimum absolute atomic E-state index is 0.116. The van der Waals surface area contributed by atoms with E-state index in [0.29, 0.717) is 18.9 Å². The molecule has 3 aromatic heterocycles. The van der Waals surface area contributed by atoms with Crippen LogP contribution in [0.5, 0.6) is 5.88 Å². The number of halogens is 3.